The van der Waals surface area contributed by atoms with Gasteiger partial charge in [-0.05, 0) is 56.7 Å². The molecule has 0 atom stereocenters. The highest BCUT2D eigenvalue weighted by atomic mass is 16.5. The smallest absolute Gasteiger partial charge is 0.257 e. The molecule has 0 aromatic heterocycles. The lowest BCUT2D eigenvalue weighted by atomic mass is 10.1. The van der Waals surface area contributed by atoms with Crippen molar-refractivity contribution >= 4 is 11.8 Å². The zero-order valence-corrected chi connectivity index (χ0v) is 18.6. The average molecular weight is 431 g/mol. The van der Waals surface area contributed by atoms with Crippen LogP contribution in [0.15, 0.2) is 36.4 Å². The van der Waals surface area contributed by atoms with Crippen LogP contribution in [0.3, 0.4) is 0 Å². The second kappa shape index (κ2) is 11.7. The molecule has 8 nitrogen and oxygen atoms in total. The first-order chi connectivity index (χ1) is 14.9. The van der Waals surface area contributed by atoms with Gasteiger partial charge in [0.25, 0.3) is 11.8 Å². The third kappa shape index (κ3) is 7.09. The molecule has 0 radical (unpaired) electrons. The summed E-state index contributed by atoms with van der Waals surface area (Å²) >= 11 is 0. The van der Waals surface area contributed by atoms with E-state index in [1.54, 1.807) is 36.4 Å². The van der Waals surface area contributed by atoms with Gasteiger partial charge in [0, 0.05) is 18.7 Å². The molecule has 0 aliphatic heterocycles. The van der Waals surface area contributed by atoms with E-state index in [0.717, 1.165) is 5.56 Å². The molecule has 0 aliphatic rings. The Morgan fingerprint density at radius 2 is 1.58 bits per heavy atom. The fraction of sp³-hybridized carbons (Fsp3) is 0.391. The maximum absolute atomic E-state index is 12.6. The molecular weight excluding hydrogens is 400 g/mol. The van der Waals surface area contributed by atoms with E-state index >= 15 is 0 Å². The van der Waals surface area contributed by atoms with Gasteiger partial charge in [0.05, 0.1) is 20.3 Å². The maximum atomic E-state index is 12.6. The molecule has 0 bridgehead atoms. The predicted octanol–water partition coefficient (Wildman–Crippen LogP) is 2.94. The maximum Gasteiger partial charge on any atom is 0.257 e. The van der Waals surface area contributed by atoms with Gasteiger partial charge >= 0.3 is 0 Å². The van der Waals surface area contributed by atoms with E-state index in [-0.39, 0.29) is 24.5 Å². The van der Waals surface area contributed by atoms with Crippen molar-refractivity contribution in [1.29, 1.82) is 0 Å². The zero-order chi connectivity index (χ0) is 22.8. The lowest BCUT2D eigenvalue weighted by Gasteiger charge is -2.15. The van der Waals surface area contributed by atoms with Crippen molar-refractivity contribution in [2.24, 2.45) is 0 Å². The number of rotatable bonds is 11. The van der Waals surface area contributed by atoms with Gasteiger partial charge in [0.15, 0.2) is 29.6 Å². The first-order valence-corrected chi connectivity index (χ1v) is 10.1. The fourth-order valence-electron chi connectivity index (χ4n) is 2.78. The quantitative estimate of drug-likeness (QED) is 0.569. The van der Waals surface area contributed by atoms with Crippen LogP contribution in [-0.2, 0) is 11.3 Å². The van der Waals surface area contributed by atoms with Gasteiger partial charge in [-0.3, -0.25) is 9.59 Å². The van der Waals surface area contributed by atoms with Gasteiger partial charge in [0.2, 0.25) is 0 Å². The number of nitrogens with one attached hydrogen (secondary N) is 2. The van der Waals surface area contributed by atoms with Gasteiger partial charge < -0.3 is 29.6 Å². The number of likely N-dealkylation sites (N-methyl/N-ethyl adjacent to an activating group) is 1. The van der Waals surface area contributed by atoms with Gasteiger partial charge in [-0.2, -0.15) is 0 Å². The average Bonchev–Trinajstić information content (AvgIpc) is 2.76. The van der Waals surface area contributed by atoms with Crippen LogP contribution in [0.25, 0.3) is 0 Å². The molecule has 0 spiro atoms. The minimum Gasteiger partial charge on any atom is -0.493 e. The minimum atomic E-state index is -0.245. The topological polar surface area (TPSA) is 95.1 Å². The summed E-state index contributed by atoms with van der Waals surface area (Å²) < 4.78 is 21.9. The van der Waals surface area contributed by atoms with Crippen molar-refractivity contribution in [3.63, 3.8) is 0 Å². The van der Waals surface area contributed by atoms with Crippen molar-refractivity contribution < 1.29 is 28.5 Å². The normalized spacial score (nSPS) is 10.4. The summed E-state index contributed by atoms with van der Waals surface area (Å²) in [6.45, 7) is 6.41. The van der Waals surface area contributed by atoms with Crippen molar-refractivity contribution in [3.05, 3.63) is 47.5 Å². The van der Waals surface area contributed by atoms with Crippen LogP contribution in [0, 0.1) is 0 Å². The van der Waals surface area contributed by atoms with Crippen molar-refractivity contribution in [1.82, 2.24) is 10.6 Å². The fourth-order valence-corrected chi connectivity index (χ4v) is 2.78. The second-order valence-electron chi connectivity index (χ2n) is 6.94. The van der Waals surface area contributed by atoms with Crippen LogP contribution >= 0.6 is 0 Å². The number of carbonyl (C=O) groups excluding carboxylic acids is 2. The lowest BCUT2D eigenvalue weighted by Crippen LogP contribution is -2.28. The summed E-state index contributed by atoms with van der Waals surface area (Å²) in [5.74, 6) is 1.56. The van der Waals surface area contributed by atoms with Crippen molar-refractivity contribution in [2.45, 2.75) is 33.4 Å². The Kier molecular flexibility index (Phi) is 8.99. The zero-order valence-electron chi connectivity index (χ0n) is 18.6. The van der Waals surface area contributed by atoms with Crippen molar-refractivity contribution in [3.8, 4) is 23.0 Å². The monoisotopic (exact) mass is 430 g/mol. The molecule has 2 rings (SSSR count). The highest BCUT2D eigenvalue weighted by molar-refractivity contribution is 5.94. The van der Waals surface area contributed by atoms with Gasteiger partial charge in [-0.1, -0.05) is 6.07 Å². The molecule has 0 fully saturated rings. The Morgan fingerprint density at radius 1 is 0.903 bits per heavy atom. The number of methoxy groups -OCH3 is 2. The molecular formula is C23H30N2O6. The van der Waals surface area contributed by atoms with Crippen molar-refractivity contribution in [2.75, 3.05) is 27.4 Å². The molecule has 2 aromatic rings. The third-order valence-electron chi connectivity index (χ3n) is 4.20. The number of hydrogen-bond acceptors (Lipinski definition) is 6. The molecule has 31 heavy (non-hydrogen) atoms. The summed E-state index contributed by atoms with van der Waals surface area (Å²) in [4.78, 5) is 24.1. The highest BCUT2D eigenvalue weighted by Gasteiger charge is 2.13. The molecule has 8 heteroatoms. The molecule has 2 N–H and O–H groups in total. The van der Waals surface area contributed by atoms with Crippen LogP contribution in [0.2, 0.25) is 0 Å². The second-order valence-corrected chi connectivity index (χ2v) is 6.94. The van der Waals surface area contributed by atoms with E-state index in [4.69, 9.17) is 18.9 Å². The largest absolute Gasteiger partial charge is 0.493 e. The summed E-state index contributed by atoms with van der Waals surface area (Å²) in [5.41, 5.74) is 1.28. The van der Waals surface area contributed by atoms with Gasteiger partial charge in [-0.25, -0.2) is 0 Å². The molecule has 168 valence electrons. The summed E-state index contributed by atoms with van der Waals surface area (Å²) in [7, 11) is 3.05. The SMILES string of the molecule is CCNC(=O)COc1ccc(CNC(=O)c2ccc(OC(C)C)c(OC)c2)cc1OC. The Hall–Kier alpha value is -3.42. The van der Waals surface area contributed by atoms with E-state index in [1.165, 1.54) is 14.2 Å². The summed E-state index contributed by atoms with van der Waals surface area (Å²) in [6.07, 6.45) is -0.00321. The Labute approximate surface area is 182 Å². The first kappa shape index (κ1) is 23.9. The molecule has 0 saturated heterocycles. The molecule has 0 saturated carbocycles. The standard InChI is InChI=1S/C23H30N2O6/c1-6-24-22(26)14-30-18-9-7-16(11-20(18)28-4)13-25-23(27)17-8-10-19(31-15(2)3)21(12-17)29-5/h7-12,15H,6,13-14H2,1-5H3,(H,24,26)(H,25,27). The molecule has 0 aliphatic carbocycles. The molecule has 0 unspecified atom stereocenters. The van der Waals surface area contributed by atoms with E-state index in [2.05, 4.69) is 10.6 Å². The van der Waals surface area contributed by atoms with Crippen LogP contribution in [0.1, 0.15) is 36.7 Å². The number of carbonyl (C=O) groups is 2. The van der Waals surface area contributed by atoms with E-state index in [0.29, 0.717) is 41.7 Å². The Morgan fingerprint density at radius 3 is 2.23 bits per heavy atom. The Bertz CT molecular complexity index is 898. The molecule has 0 heterocycles. The number of ether oxygens (including phenoxy) is 4. The van der Waals surface area contributed by atoms with Crippen LogP contribution < -0.4 is 29.6 Å². The van der Waals surface area contributed by atoms with Gasteiger partial charge in [0.1, 0.15) is 0 Å². The van der Waals surface area contributed by atoms with Crippen LogP contribution in [0.4, 0.5) is 0 Å². The highest BCUT2D eigenvalue weighted by Crippen LogP contribution is 2.30. The lowest BCUT2D eigenvalue weighted by molar-refractivity contribution is -0.123. The van der Waals surface area contributed by atoms with Crippen LogP contribution in [-0.4, -0.2) is 45.3 Å². The number of amides is 2. The first-order valence-electron chi connectivity index (χ1n) is 10.1. The number of hydrogen-bond donors (Lipinski definition) is 2. The van der Waals surface area contributed by atoms with E-state index < -0.39 is 0 Å². The van der Waals surface area contributed by atoms with E-state index in [9.17, 15) is 9.59 Å². The van der Waals surface area contributed by atoms with Gasteiger partial charge in [-0.15, -0.1) is 0 Å². The predicted molar refractivity (Wildman–Crippen MR) is 117 cm³/mol. The summed E-state index contributed by atoms with van der Waals surface area (Å²) in [6, 6.07) is 10.3. The van der Waals surface area contributed by atoms with E-state index in [1.807, 2.05) is 20.8 Å². The summed E-state index contributed by atoms with van der Waals surface area (Å²) in [5, 5.41) is 5.53. The Balaban J connectivity index is 2.02. The minimum absolute atomic E-state index is 0.00321. The molecule has 2 amide bonds. The van der Waals surface area contributed by atoms with Crippen LogP contribution in [0.5, 0.6) is 23.0 Å². The molecule has 2 aromatic carbocycles. The third-order valence-corrected chi connectivity index (χ3v) is 4.20. The number of benzene rings is 2.